The summed E-state index contributed by atoms with van der Waals surface area (Å²) in [5.41, 5.74) is 0.166. The Hall–Kier alpha value is -0.590. The summed E-state index contributed by atoms with van der Waals surface area (Å²) in [6, 6.07) is 2.19. The summed E-state index contributed by atoms with van der Waals surface area (Å²) in [6.07, 6.45) is 1.55. The first-order chi connectivity index (χ1) is 6.83. The Labute approximate surface area is 93.8 Å². The molecule has 0 radical (unpaired) electrons. The molecule has 0 unspecified atom stereocenters. The fourth-order valence-corrected chi connectivity index (χ4v) is 1.37. The SMILES string of the molecule is COCC(C)(C)NCC(C)(C)CCC#N. The van der Waals surface area contributed by atoms with Crippen molar-refractivity contribution in [2.75, 3.05) is 20.3 Å². The second-order valence-electron chi connectivity index (χ2n) is 5.49. The van der Waals surface area contributed by atoms with E-state index in [1.54, 1.807) is 7.11 Å². The first-order valence-corrected chi connectivity index (χ1v) is 5.44. The number of hydrogen-bond acceptors (Lipinski definition) is 3. The molecule has 0 aromatic rings. The van der Waals surface area contributed by atoms with E-state index in [1.165, 1.54) is 0 Å². The van der Waals surface area contributed by atoms with Gasteiger partial charge in [0, 0.05) is 25.6 Å². The predicted molar refractivity (Wildman–Crippen MR) is 62.6 cm³/mol. The summed E-state index contributed by atoms with van der Waals surface area (Å²) in [6.45, 7) is 10.2. The molecule has 0 heterocycles. The van der Waals surface area contributed by atoms with Crippen molar-refractivity contribution < 1.29 is 4.74 Å². The lowest BCUT2D eigenvalue weighted by Crippen LogP contribution is -2.47. The fourth-order valence-electron chi connectivity index (χ4n) is 1.37. The minimum absolute atomic E-state index is 0.00133. The van der Waals surface area contributed by atoms with Crippen LogP contribution in [-0.2, 0) is 4.74 Å². The molecule has 0 aliphatic carbocycles. The number of nitrogens with zero attached hydrogens (tertiary/aromatic N) is 1. The van der Waals surface area contributed by atoms with Crippen molar-refractivity contribution in [2.45, 2.75) is 46.1 Å². The largest absolute Gasteiger partial charge is 0.383 e. The van der Waals surface area contributed by atoms with Gasteiger partial charge in [-0.1, -0.05) is 13.8 Å². The van der Waals surface area contributed by atoms with Gasteiger partial charge in [0.25, 0.3) is 0 Å². The summed E-state index contributed by atoms with van der Waals surface area (Å²) < 4.78 is 5.14. The van der Waals surface area contributed by atoms with E-state index in [0.29, 0.717) is 13.0 Å². The lowest BCUT2D eigenvalue weighted by atomic mass is 9.87. The van der Waals surface area contributed by atoms with Crippen molar-refractivity contribution in [2.24, 2.45) is 5.41 Å². The van der Waals surface area contributed by atoms with Crippen LogP contribution in [0.15, 0.2) is 0 Å². The predicted octanol–water partition coefficient (Wildman–Crippen LogP) is 2.33. The second kappa shape index (κ2) is 6.09. The maximum atomic E-state index is 8.55. The summed E-state index contributed by atoms with van der Waals surface area (Å²) in [5.74, 6) is 0. The van der Waals surface area contributed by atoms with E-state index >= 15 is 0 Å². The lowest BCUT2D eigenvalue weighted by Gasteiger charge is -2.32. The Morgan fingerprint density at radius 1 is 1.27 bits per heavy atom. The number of nitrogens with one attached hydrogen (secondary N) is 1. The number of nitriles is 1. The van der Waals surface area contributed by atoms with E-state index in [1.807, 2.05) is 0 Å². The molecular weight excluding hydrogens is 188 g/mol. The van der Waals surface area contributed by atoms with Crippen LogP contribution in [0.3, 0.4) is 0 Å². The van der Waals surface area contributed by atoms with Crippen LogP contribution in [0.2, 0.25) is 0 Å². The van der Waals surface area contributed by atoms with Gasteiger partial charge in [0.05, 0.1) is 12.7 Å². The third kappa shape index (κ3) is 7.35. The number of methoxy groups -OCH3 is 1. The highest BCUT2D eigenvalue weighted by Crippen LogP contribution is 2.21. The van der Waals surface area contributed by atoms with Crippen molar-refractivity contribution in [3.8, 4) is 6.07 Å². The fraction of sp³-hybridized carbons (Fsp3) is 0.917. The molecule has 88 valence electrons. The van der Waals surface area contributed by atoms with Crippen LogP contribution < -0.4 is 5.32 Å². The highest BCUT2D eigenvalue weighted by Gasteiger charge is 2.23. The van der Waals surface area contributed by atoms with E-state index in [2.05, 4.69) is 39.1 Å². The van der Waals surface area contributed by atoms with E-state index in [9.17, 15) is 0 Å². The molecule has 0 rings (SSSR count). The van der Waals surface area contributed by atoms with Gasteiger partial charge in [-0.2, -0.15) is 5.26 Å². The van der Waals surface area contributed by atoms with Crippen molar-refractivity contribution >= 4 is 0 Å². The first-order valence-electron chi connectivity index (χ1n) is 5.44. The van der Waals surface area contributed by atoms with Gasteiger partial charge in [-0.25, -0.2) is 0 Å². The normalized spacial score (nSPS) is 12.5. The highest BCUT2D eigenvalue weighted by molar-refractivity contribution is 4.83. The van der Waals surface area contributed by atoms with E-state index in [4.69, 9.17) is 10.00 Å². The zero-order chi connectivity index (χ0) is 11.9. The maximum absolute atomic E-state index is 8.55. The quantitative estimate of drug-likeness (QED) is 0.704. The van der Waals surface area contributed by atoms with Gasteiger partial charge in [0.1, 0.15) is 0 Å². The van der Waals surface area contributed by atoms with Gasteiger partial charge in [-0.05, 0) is 25.7 Å². The molecule has 0 atom stereocenters. The first kappa shape index (κ1) is 14.4. The minimum atomic E-state index is -0.00133. The Kier molecular flexibility index (Phi) is 5.85. The van der Waals surface area contributed by atoms with Crippen molar-refractivity contribution in [1.29, 1.82) is 5.26 Å². The number of ether oxygens (including phenoxy) is 1. The highest BCUT2D eigenvalue weighted by atomic mass is 16.5. The summed E-state index contributed by atoms with van der Waals surface area (Å²) in [4.78, 5) is 0. The molecule has 0 aromatic heterocycles. The van der Waals surface area contributed by atoms with Gasteiger partial charge >= 0.3 is 0 Å². The van der Waals surface area contributed by atoms with Gasteiger partial charge in [-0.3, -0.25) is 0 Å². The van der Waals surface area contributed by atoms with Crippen LogP contribution in [0.1, 0.15) is 40.5 Å². The molecule has 0 amide bonds. The third-order valence-corrected chi connectivity index (χ3v) is 2.46. The van der Waals surface area contributed by atoms with Crippen LogP contribution in [0, 0.1) is 16.7 Å². The molecule has 3 heteroatoms. The zero-order valence-corrected chi connectivity index (χ0v) is 10.7. The van der Waals surface area contributed by atoms with Crippen LogP contribution in [0.4, 0.5) is 0 Å². The Morgan fingerprint density at radius 3 is 2.33 bits per heavy atom. The molecule has 0 saturated carbocycles. The molecule has 0 spiro atoms. The maximum Gasteiger partial charge on any atom is 0.0639 e. The molecule has 3 nitrogen and oxygen atoms in total. The Morgan fingerprint density at radius 2 is 1.87 bits per heavy atom. The molecule has 15 heavy (non-hydrogen) atoms. The molecule has 0 aromatic carbocycles. The third-order valence-electron chi connectivity index (χ3n) is 2.46. The smallest absolute Gasteiger partial charge is 0.0639 e. The standard InChI is InChI=1S/C12H24N2O/c1-11(2,7-6-8-13)9-14-12(3,4)10-15-5/h14H,6-7,9-10H2,1-5H3. The van der Waals surface area contributed by atoms with Crippen LogP contribution in [-0.4, -0.2) is 25.8 Å². The Balaban J connectivity index is 3.97. The molecule has 0 aliphatic rings. The van der Waals surface area contributed by atoms with Crippen molar-refractivity contribution in [3.05, 3.63) is 0 Å². The van der Waals surface area contributed by atoms with Gasteiger partial charge in [0.2, 0.25) is 0 Å². The summed E-state index contributed by atoms with van der Waals surface area (Å²) >= 11 is 0. The second-order valence-corrected chi connectivity index (χ2v) is 5.49. The molecule has 0 fully saturated rings. The lowest BCUT2D eigenvalue weighted by molar-refractivity contribution is 0.119. The molecular formula is C12H24N2O. The average Bonchev–Trinajstić information content (AvgIpc) is 2.12. The van der Waals surface area contributed by atoms with Gasteiger partial charge in [-0.15, -0.1) is 0 Å². The van der Waals surface area contributed by atoms with Crippen LogP contribution in [0.25, 0.3) is 0 Å². The van der Waals surface area contributed by atoms with Gasteiger partial charge in [0.15, 0.2) is 0 Å². The topological polar surface area (TPSA) is 45.0 Å². The average molecular weight is 212 g/mol. The molecule has 1 N–H and O–H groups in total. The van der Waals surface area contributed by atoms with Crippen molar-refractivity contribution in [3.63, 3.8) is 0 Å². The van der Waals surface area contributed by atoms with E-state index < -0.39 is 0 Å². The monoisotopic (exact) mass is 212 g/mol. The molecule has 0 bridgehead atoms. The number of rotatable bonds is 7. The van der Waals surface area contributed by atoms with Crippen LogP contribution >= 0.6 is 0 Å². The number of hydrogen-bond donors (Lipinski definition) is 1. The van der Waals surface area contributed by atoms with E-state index in [0.717, 1.165) is 13.0 Å². The van der Waals surface area contributed by atoms with Crippen molar-refractivity contribution in [1.82, 2.24) is 5.32 Å². The minimum Gasteiger partial charge on any atom is -0.383 e. The van der Waals surface area contributed by atoms with Crippen LogP contribution in [0.5, 0.6) is 0 Å². The Bertz CT molecular complexity index is 216. The van der Waals surface area contributed by atoms with Gasteiger partial charge < -0.3 is 10.1 Å². The molecule has 0 saturated heterocycles. The molecule has 0 aliphatic heterocycles. The van der Waals surface area contributed by atoms with E-state index in [-0.39, 0.29) is 11.0 Å². The summed E-state index contributed by atoms with van der Waals surface area (Å²) in [5, 5.41) is 12.0. The summed E-state index contributed by atoms with van der Waals surface area (Å²) in [7, 11) is 1.71. The zero-order valence-electron chi connectivity index (χ0n) is 10.7.